The van der Waals surface area contributed by atoms with Crippen LogP contribution in [0.25, 0.3) is 10.1 Å². The van der Waals surface area contributed by atoms with E-state index in [2.05, 4.69) is 5.32 Å². The number of fused-ring (bicyclic) bond motifs is 1. The van der Waals surface area contributed by atoms with E-state index in [9.17, 15) is 14.0 Å². The lowest BCUT2D eigenvalue weighted by Crippen LogP contribution is -2.12. The van der Waals surface area contributed by atoms with Crippen molar-refractivity contribution in [2.75, 3.05) is 5.32 Å². The Balaban J connectivity index is 1.88. The fraction of sp³-hybridized carbons (Fsp3) is 0. The quantitative estimate of drug-likeness (QED) is 0.749. The van der Waals surface area contributed by atoms with Gasteiger partial charge < -0.3 is 11.1 Å². The van der Waals surface area contributed by atoms with Crippen LogP contribution >= 0.6 is 22.9 Å². The van der Waals surface area contributed by atoms with Gasteiger partial charge in [0.05, 0.1) is 5.02 Å². The second-order valence-electron chi connectivity index (χ2n) is 4.78. The molecular formula is C16H10ClFN2O2S. The predicted octanol–water partition coefficient (Wildman–Crippen LogP) is 4.05. The van der Waals surface area contributed by atoms with Gasteiger partial charge in [0.1, 0.15) is 10.7 Å². The predicted molar refractivity (Wildman–Crippen MR) is 89.7 cm³/mol. The second kappa shape index (κ2) is 5.98. The molecule has 0 fully saturated rings. The number of halogens is 2. The second-order valence-corrected chi connectivity index (χ2v) is 6.21. The van der Waals surface area contributed by atoms with E-state index in [1.54, 1.807) is 18.2 Å². The number of thiophene rings is 1. The van der Waals surface area contributed by atoms with Gasteiger partial charge in [-0.05, 0) is 42.5 Å². The largest absolute Gasteiger partial charge is 0.366 e. The maximum atomic E-state index is 13.3. The van der Waals surface area contributed by atoms with Gasteiger partial charge >= 0.3 is 0 Å². The van der Waals surface area contributed by atoms with E-state index in [1.807, 2.05) is 0 Å². The molecule has 3 aromatic rings. The van der Waals surface area contributed by atoms with E-state index < -0.39 is 11.8 Å². The molecule has 3 N–H and O–H groups in total. The monoisotopic (exact) mass is 348 g/mol. The van der Waals surface area contributed by atoms with Crippen LogP contribution in [0.4, 0.5) is 10.1 Å². The summed E-state index contributed by atoms with van der Waals surface area (Å²) in [7, 11) is 0. The lowest BCUT2D eigenvalue weighted by Gasteiger charge is -2.04. The molecule has 0 aliphatic rings. The van der Waals surface area contributed by atoms with Gasteiger partial charge in [0, 0.05) is 21.3 Å². The van der Waals surface area contributed by atoms with Gasteiger partial charge in [-0.15, -0.1) is 11.3 Å². The lowest BCUT2D eigenvalue weighted by atomic mass is 10.2. The van der Waals surface area contributed by atoms with Crippen LogP contribution in [0.5, 0.6) is 0 Å². The summed E-state index contributed by atoms with van der Waals surface area (Å²) in [5, 5.41) is 3.60. The Kier molecular flexibility index (Phi) is 4.02. The number of primary amides is 1. The third kappa shape index (κ3) is 3.04. The molecule has 3 rings (SSSR count). The molecule has 0 spiro atoms. The molecule has 1 aromatic heterocycles. The maximum absolute atomic E-state index is 13.3. The summed E-state index contributed by atoms with van der Waals surface area (Å²) >= 11 is 7.32. The van der Waals surface area contributed by atoms with Crippen molar-refractivity contribution in [2.45, 2.75) is 0 Å². The normalized spacial score (nSPS) is 10.7. The maximum Gasteiger partial charge on any atom is 0.267 e. The van der Waals surface area contributed by atoms with Crippen molar-refractivity contribution >= 4 is 50.5 Å². The SMILES string of the molecule is NC(=O)c1ccc(NC(=O)c2sc3cc(F)ccc3c2Cl)cc1. The topological polar surface area (TPSA) is 72.2 Å². The molecule has 23 heavy (non-hydrogen) atoms. The molecule has 7 heteroatoms. The number of carbonyl (C=O) groups is 2. The van der Waals surface area contributed by atoms with Gasteiger partial charge in [-0.1, -0.05) is 11.6 Å². The molecule has 0 aliphatic heterocycles. The number of carbonyl (C=O) groups excluding carboxylic acids is 2. The van der Waals surface area contributed by atoms with E-state index in [-0.39, 0.29) is 10.8 Å². The number of amides is 2. The highest BCUT2D eigenvalue weighted by atomic mass is 35.5. The fourth-order valence-corrected chi connectivity index (χ4v) is 3.53. The molecule has 2 aromatic carbocycles. The molecule has 0 aliphatic carbocycles. The highest BCUT2D eigenvalue weighted by Gasteiger charge is 2.17. The minimum atomic E-state index is -0.544. The van der Waals surface area contributed by atoms with Gasteiger partial charge in [-0.25, -0.2) is 4.39 Å². The number of hydrogen-bond acceptors (Lipinski definition) is 3. The standard InChI is InChI=1S/C16H10ClFN2O2S/c17-13-11-6-3-9(18)7-12(11)23-14(13)16(22)20-10-4-1-8(2-5-10)15(19)21/h1-7H,(H2,19,21)(H,20,22). The van der Waals surface area contributed by atoms with Crippen molar-refractivity contribution in [3.8, 4) is 0 Å². The summed E-state index contributed by atoms with van der Waals surface area (Å²) in [5.41, 5.74) is 6.00. The zero-order valence-corrected chi connectivity index (χ0v) is 13.2. The van der Waals surface area contributed by atoms with Gasteiger partial charge in [-0.3, -0.25) is 9.59 Å². The first-order chi connectivity index (χ1) is 11.0. The molecular weight excluding hydrogens is 339 g/mol. The Morgan fingerprint density at radius 1 is 1.13 bits per heavy atom. The summed E-state index contributed by atoms with van der Waals surface area (Å²) < 4.78 is 13.9. The first-order valence-electron chi connectivity index (χ1n) is 6.54. The summed E-state index contributed by atoms with van der Waals surface area (Å²) in [6.07, 6.45) is 0. The van der Waals surface area contributed by atoms with Crippen LogP contribution in [0.3, 0.4) is 0 Å². The van der Waals surface area contributed by atoms with E-state index in [0.717, 1.165) is 11.3 Å². The van der Waals surface area contributed by atoms with Crippen LogP contribution in [0.2, 0.25) is 5.02 Å². The molecule has 0 saturated carbocycles. The molecule has 0 atom stereocenters. The third-order valence-electron chi connectivity index (χ3n) is 3.23. The minimum Gasteiger partial charge on any atom is -0.366 e. The van der Waals surface area contributed by atoms with Crippen LogP contribution < -0.4 is 11.1 Å². The summed E-state index contributed by atoms with van der Waals surface area (Å²) in [5.74, 6) is -1.33. The number of anilines is 1. The summed E-state index contributed by atoms with van der Waals surface area (Å²) in [6, 6.07) is 10.3. The van der Waals surface area contributed by atoms with Crippen LogP contribution in [0, 0.1) is 5.82 Å². The van der Waals surface area contributed by atoms with Crippen molar-refractivity contribution in [1.82, 2.24) is 0 Å². The highest BCUT2D eigenvalue weighted by molar-refractivity contribution is 7.21. The molecule has 1 heterocycles. The average Bonchev–Trinajstić information content (AvgIpc) is 2.84. The zero-order valence-electron chi connectivity index (χ0n) is 11.6. The van der Waals surface area contributed by atoms with Crippen molar-refractivity contribution in [2.24, 2.45) is 5.73 Å². The first kappa shape index (κ1) is 15.5. The number of nitrogens with one attached hydrogen (secondary N) is 1. The van der Waals surface area contributed by atoms with Gasteiger partial charge in [-0.2, -0.15) is 0 Å². The number of hydrogen-bond donors (Lipinski definition) is 2. The fourth-order valence-electron chi connectivity index (χ4n) is 2.09. The van der Waals surface area contributed by atoms with Crippen LogP contribution in [0.15, 0.2) is 42.5 Å². The summed E-state index contributed by atoms with van der Waals surface area (Å²) in [6.45, 7) is 0. The highest BCUT2D eigenvalue weighted by Crippen LogP contribution is 2.36. The average molecular weight is 349 g/mol. The molecule has 116 valence electrons. The zero-order chi connectivity index (χ0) is 16.6. The Morgan fingerprint density at radius 2 is 1.83 bits per heavy atom. The molecule has 0 unspecified atom stereocenters. The smallest absolute Gasteiger partial charge is 0.267 e. The summed E-state index contributed by atoms with van der Waals surface area (Å²) in [4.78, 5) is 23.7. The van der Waals surface area contributed by atoms with Crippen molar-refractivity contribution < 1.29 is 14.0 Å². The first-order valence-corrected chi connectivity index (χ1v) is 7.74. The Morgan fingerprint density at radius 3 is 2.48 bits per heavy atom. The van der Waals surface area contributed by atoms with Crippen molar-refractivity contribution in [3.63, 3.8) is 0 Å². The van der Waals surface area contributed by atoms with Crippen LogP contribution in [-0.2, 0) is 0 Å². The van der Waals surface area contributed by atoms with Crippen molar-refractivity contribution in [3.05, 3.63) is 63.7 Å². The number of rotatable bonds is 3. The molecule has 4 nitrogen and oxygen atoms in total. The van der Waals surface area contributed by atoms with Crippen LogP contribution in [0.1, 0.15) is 20.0 Å². The number of benzene rings is 2. The Hall–Kier alpha value is -2.44. The minimum absolute atomic E-state index is 0.288. The van der Waals surface area contributed by atoms with Gasteiger partial charge in [0.15, 0.2) is 0 Å². The van der Waals surface area contributed by atoms with Crippen molar-refractivity contribution in [1.29, 1.82) is 0 Å². The third-order valence-corrected chi connectivity index (χ3v) is 4.88. The molecule has 0 bridgehead atoms. The molecule has 2 amide bonds. The molecule has 0 radical (unpaired) electrons. The molecule has 0 saturated heterocycles. The van der Waals surface area contributed by atoms with E-state index in [4.69, 9.17) is 17.3 Å². The van der Waals surface area contributed by atoms with E-state index in [0.29, 0.717) is 26.2 Å². The van der Waals surface area contributed by atoms with Crippen LogP contribution in [-0.4, -0.2) is 11.8 Å². The van der Waals surface area contributed by atoms with E-state index in [1.165, 1.54) is 24.3 Å². The van der Waals surface area contributed by atoms with Gasteiger partial charge in [0.25, 0.3) is 5.91 Å². The lowest BCUT2D eigenvalue weighted by molar-refractivity contribution is 0.0998. The Labute approximate surface area is 139 Å². The number of nitrogens with two attached hydrogens (primary N) is 1. The Bertz CT molecular complexity index is 922. The van der Waals surface area contributed by atoms with E-state index >= 15 is 0 Å². The van der Waals surface area contributed by atoms with Gasteiger partial charge in [0.2, 0.25) is 5.91 Å².